The molecule has 0 saturated carbocycles. The van der Waals surface area contributed by atoms with Crippen LogP contribution >= 0.6 is 37.2 Å². The van der Waals surface area contributed by atoms with Gasteiger partial charge in [-0.05, 0) is 77.7 Å². The van der Waals surface area contributed by atoms with Crippen molar-refractivity contribution in [1.82, 2.24) is 26.6 Å². The van der Waals surface area contributed by atoms with Gasteiger partial charge in [0.05, 0.1) is 52.9 Å². The van der Waals surface area contributed by atoms with E-state index in [-0.39, 0.29) is 74.8 Å². The minimum atomic E-state index is -0.698. The molecule has 0 aliphatic heterocycles. The van der Waals surface area contributed by atoms with Crippen molar-refractivity contribution in [3.05, 3.63) is 0 Å². The number of hydrogen-bond donors (Lipinski definition) is 6. The van der Waals surface area contributed by atoms with E-state index in [1.54, 1.807) is 14.2 Å². The molecular formula is C30H65Cl3N6O9. The third kappa shape index (κ3) is 39.4. The van der Waals surface area contributed by atoms with Gasteiger partial charge in [0.15, 0.2) is 0 Å². The van der Waals surface area contributed by atoms with Crippen molar-refractivity contribution < 1.29 is 42.8 Å². The van der Waals surface area contributed by atoms with Crippen molar-refractivity contribution in [3.63, 3.8) is 0 Å². The van der Waals surface area contributed by atoms with Crippen LogP contribution in [0.3, 0.4) is 0 Å². The summed E-state index contributed by atoms with van der Waals surface area (Å²) >= 11 is 0. The van der Waals surface area contributed by atoms with Gasteiger partial charge in [-0.15, -0.1) is 37.2 Å². The van der Waals surface area contributed by atoms with Crippen molar-refractivity contribution >= 4 is 54.9 Å². The monoisotopic (exact) mass is 758 g/mol. The van der Waals surface area contributed by atoms with Gasteiger partial charge in [-0.25, -0.2) is 0 Å². The number of amides is 3. The molecule has 0 radical (unpaired) electrons. The highest BCUT2D eigenvalue weighted by Gasteiger charge is 2.20. The van der Waals surface area contributed by atoms with Gasteiger partial charge in [0.2, 0.25) is 17.7 Å². The van der Waals surface area contributed by atoms with Gasteiger partial charge in [0.25, 0.3) is 0 Å². The second kappa shape index (κ2) is 43.9. The van der Waals surface area contributed by atoms with Crippen molar-refractivity contribution in [3.8, 4) is 0 Å². The number of ether oxygens (including phenoxy) is 6. The number of nitrogens with two attached hydrogens (primary N) is 1. The Hall–Kier alpha value is -1.08. The van der Waals surface area contributed by atoms with Crippen LogP contribution in [-0.4, -0.2) is 150 Å². The normalized spacial score (nSPS) is 11.1. The number of halogens is 3. The molecule has 0 rings (SSSR count). The smallest absolute Gasteiger partial charge is 0.246 e. The summed E-state index contributed by atoms with van der Waals surface area (Å²) in [5.41, 5.74) is 5.48. The first kappa shape index (κ1) is 53.7. The van der Waals surface area contributed by atoms with E-state index in [9.17, 15) is 14.4 Å². The average molecular weight is 760 g/mol. The fourth-order valence-corrected chi connectivity index (χ4v) is 3.84. The van der Waals surface area contributed by atoms with Crippen molar-refractivity contribution in [2.45, 2.75) is 51.0 Å². The summed E-state index contributed by atoms with van der Waals surface area (Å²) in [6.07, 6.45) is 5.66. The van der Waals surface area contributed by atoms with E-state index in [1.165, 1.54) is 0 Å². The van der Waals surface area contributed by atoms with Gasteiger partial charge in [-0.2, -0.15) is 0 Å². The van der Waals surface area contributed by atoms with E-state index < -0.39 is 6.04 Å². The zero-order valence-electron chi connectivity index (χ0n) is 29.0. The lowest BCUT2D eigenvalue weighted by atomic mass is 10.1. The summed E-state index contributed by atoms with van der Waals surface area (Å²) in [6.45, 7) is 8.36. The zero-order valence-corrected chi connectivity index (χ0v) is 31.5. The molecule has 15 nitrogen and oxygen atoms in total. The Morgan fingerprint density at radius 2 is 1.00 bits per heavy atom. The van der Waals surface area contributed by atoms with E-state index in [0.29, 0.717) is 85.1 Å². The van der Waals surface area contributed by atoms with Crippen LogP contribution in [0.4, 0.5) is 0 Å². The summed E-state index contributed by atoms with van der Waals surface area (Å²) in [4.78, 5) is 37.3. The van der Waals surface area contributed by atoms with Crippen LogP contribution in [0.25, 0.3) is 0 Å². The molecule has 0 aliphatic rings. The average Bonchev–Trinajstić information content (AvgIpc) is 3.03. The second-order valence-electron chi connectivity index (χ2n) is 10.3. The number of unbranched alkanes of at least 4 members (excludes halogenated alkanes) is 2. The van der Waals surface area contributed by atoms with Crippen LogP contribution in [-0.2, 0) is 42.8 Å². The van der Waals surface area contributed by atoms with Gasteiger partial charge in [0.1, 0.15) is 19.3 Å². The molecule has 0 aromatic carbocycles. The van der Waals surface area contributed by atoms with Gasteiger partial charge < -0.3 is 60.7 Å². The molecule has 0 aliphatic carbocycles. The fraction of sp³-hybridized carbons (Fsp3) is 0.900. The minimum absolute atomic E-state index is 0. The van der Waals surface area contributed by atoms with Gasteiger partial charge in [-0.3, -0.25) is 14.4 Å². The highest BCUT2D eigenvalue weighted by molar-refractivity contribution is 5.88. The molecule has 18 heteroatoms. The summed E-state index contributed by atoms with van der Waals surface area (Å²) in [5, 5.41) is 15.3. The Morgan fingerprint density at radius 1 is 0.542 bits per heavy atom. The number of nitrogens with one attached hydrogen (secondary N) is 5. The molecule has 0 unspecified atom stereocenters. The number of rotatable bonds is 35. The maximum absolute atomic E-state index is 12.9. The Balaban J connectivity index is -0.00000323. The van der Waals surface area contributed by atoms with Gasteiger partial charge in [0, 0.05) is 27.3 Å². The third-order valence-electron chi connectivity index (χ3n) is 6.31. The molecule has 1 atom stereocenters. The van der Waals surface area contributed by atoms with Crippen LogP contribution in [0.5, 0.6) is 0 Å². The summed E-state index contributed by atoms with van der Waals surface area (Å²) in [7, 11) is 3.20. The van der Waals surface area contributed by atoms with E-state index in [1.807, 2.05) is 0 Å². The maximum atomic E-state index is 12.9. The zero-order chi connectivity index (χ0) is 33.1. The lowest BCUT2D eigenvalue weighted by Gasteiger charge is -2.19. The van der Waals surface area contributed by atoms with Crippen LogP contribution in [0.1, 0.15) is 44.9 Å². The standard InChI is InChI=1S/C30H62N6O9.3ClH/c1-40-17-19-42-21-23-44-25-28(37)34-15-4-3-9-27(36-29(38)26-45-24-22-43-20-18-41-2)30(39)35-16-8-14-33-12-6-5-11-32-13-7-10-31;;;/h27,32-33H,3-26,31H2,1-2H3,(H,34,37)(H,35,39)(H,36,38);3*1H/t27-;;;/m0.../s1. The molecule has 7 N–H and O–H groups in total. The molecule has 290 valence electrons. The SMILES string of the molecule is COCCOCCOCC(=O)NCCCC[C@H](NC(=O)COCCOCCOC)C(=O)NCCCNCCCCNCCCN.Cl.Cl.Cl. The van der Waals surface area contributed by atoms with Gasteiger partial charge >= 0.3 is 0 Å². The first-order chi connectivity index (χ1) is 22.0. The Bertz CT molecular complexity index is 711. The molecule has 48 heavy (non-hydrogen) atoms. The largest absolute Gasteiger partial charge is 0.382 e. The molecular weight excluding hydrogens is 695 g/mol. The van der Waals surface area contributed by atoms with E-state index in [2.05, 4.69) is 26.6 Å². The fourth-order valence-electron chi connectivity index (χ4n) is 3.84. The summed E-state index contributed by atoms with van der Waals surface area (Å²) in [5.74, 6) is -0.826. The van der Waals surface area contributed by atoms with Crippen molar-refractivity contribution in [2.24, 2.45) is 5.73 Å². The number of carbonyl (C=O) groups is 3. The first-order valence-electron chi connectivity index (χ1n) is 16.3. The Kier molecular flexibility index (Phi) is 49.2. The molecule has 0 spiro atoms. The first-order valence-corrected chi connectivity index (χ1v) is 16.3. The van der Waals surface area contributed by atoms with E-state index in [4.69, 9.17) is 34.2 Å². The van der Waals surface area contributed by atoms with Crippen LogP contribution < -0.4 is 32.3 Å². The predicted molar refractivity (Wildman–Crippen MR) is 194 cm³/mol. The quantitative estimate of drug-likeness (QED) is 0.0482. The molecule has 0 fully saturated rings. The predicted octanol–water partition coefficient (Wildman–Crippen LogP) is 0.197. The number of carbonyl (C=O) groups excluding carboxylic acids is 3. The number of methoxy groups -OCH3 is 2. The molecule has 0 bridgehead atoms. The molecule has 0 aromatic heterocycles. The van der Waals surface area contributed by atoms with Gasteiger partial charge in [-0.1, -0.05) is 0 Å². The Morgan fingerprint density at radius 3 is 1.56 bits per heavy atom. The summed E-state index contributed by atoms with van der Waals surface area (Å²) < 4.78 is 31.1. The third-order valence-corrected chi connectivity index (χ3v) is 6.31. The second-order valence-corrected chi connectivity index (χ2v) is 10.3. The van der Waals surface area contributed by atoms with Crippen LogP contribution in [0, 0.1) is 0 Å². The number of hydrogen-bond acceptors (Lipinski definition) is 12. The molecule has 0 saturated heterocycles. The molecule has 3 amide bonds. The molecule has 0 aromatic rings. The highest BCUT2D eigenvalue weighted by atomic mass is 35.5. The summed E-state index contributed by atoms with van der Waals surface area (Å²) in [6, 6.07) is -0.698. The minimum Gasteiger partial charge on any atom is -0.382 e. The lowest BCUT2D eigenvalue weighted by Crippen LogP contribution is -2.48. The van der Waals surface area contributed by atoms with E-state index in [0.717, 1.165) is 51.9 Å². The van der Waals surface area contributed by atoms with Crippen molar-refractivity contribution in [2.75, 3.05) is 126 Å². The van der Waals surface area contributed by atoms with Crippen LogP contribution in [0.15, 0.2) is 0 Å². The maximum Gasteiger partial charge on any atom is 0.246 e. The van der Waals surface area contributed by atoms with Crippen molar-refractivity contribution in [1.29, 1.82) is 0 Å². The van der Waals surface area contributed by atoms with E-state index >= 15 is 0 Å². The molecule has 0 heterocycles. The Labute approximate surface area is 306 Å². The highest BCUT2D eigenvalue weighted by Crippen LogP contribution is 2.02. The topological polar surface area (TPSA) is 193 Å². The lowest BCUT2D eigenvalue weighted by molar-refractivity contribution is -0.132. The van der Waals surface area contributed by atoms with Crippen LogP contribution in [0.2, 0.25) is 0 Å².